The number of hydrogen-bond donors (Lipinski definition) is 3. The highest BCUT2D eigenvalue weighted by Gasteiger charge is 2.58. The van der Waals surface area contributed by atoms with Crippen LogP contribution in [0.4, 0.5) is 0 Å². The summed E-state index contributed by atoms with van der Waals surface area (Å²) in [6.07, 6.45) is 3.08. The van der Waals surface area contributed by atoms with Crippen LogP contribution in [0.2, 0.25) is 0 Å². The molecule has 0 heterocycles. The molecule has 2 aliphatic carbocycles. The standard InChI is InChI=1S/C10H18O3/c11-4-8-3-7-1-2-10(8,6-13)9(7)5-12/h7-9,11-13H,1-6H2. The van der Waals surface area contributed by atoms with E-state index in [1.54, 1.807) is 0 Å². The largest absolute Gasteiger partial charge is 0.396 e. The molecule has 0 spiro atoms. The van der Waals surface area contributed by atoms with Crippen molar-refractivity contribution in [2.24, 2.45) is 23.2 Å². The summed E-state index contributed by atoms with van der Waals surface area (Å²) in [4.78, 5) is 0. The molecular weight excluding hydrogens is 168 g/mol. The van der Waals surface area contributed by atoms with Crippen LogP contribution in [0.15, 0.2) is 0 Å². The molecule has 3 N–H and O–H groups in total. The Morgan fingerprint density at radius 1 is 1.15 bits per heavy atom. The third-order valence-electron chi connectivity index (χ3n) is 4.40. The van der Waals surface area contributed by atoms with Gasteiger partial charge >= 0.3 is 0 Å². The Balaban J connectivity index is 2.24. The van der Waals surface area contributed by atoms with Crippen molar-refractivity contribution in [2.45, 2.75) is 19.3 Å². The number of aliphatic hydroxyl groups excluding tert-OH is 3. The summed E-state index contributed by atoms with van der Waals surface area (Å²) >= 11 is 0. The van der Waals surface area contributed by atoms with Crippen molar-refractivity contribution in [1.29, 1.82) is 0 Å². The van der Waals surface area contributed by atoms with E-state index in [1.165, 1.54) is 0 Å². The van der Waals surface area contributed by atoms with E-state index in [0.717, 1.165) is 19.3 Å². The lowest BCUT2D eigenvalue weighted by Crippen LogP contribution is -2.37. The summed E-state index contributed by atoms with van der Waals surface area (Å²) < 4.78 is 0. The molecule has 0 radical (unpaired) electrons. The van der Waals surface area contributed by atoms with Crippen LogP contribution in [0.1, 0.15) is 19.3 Å². The summed E-state index contributed by atoms with van der Waals surface area (Å²) in [5.74, 6) is 0.984. The van der Waals surface area contributed by atoms with Gasteiger partial charge in [0.2, 0.25) is 0 Å². The first-order valence-corrected chi connectivity index (χ1v) is 5.11. The zero-order valence-electron chi connectivity index (χ0n) is 7.82. The van der Waals surface area contributed by atoms with E-state index in [4.69, 9.17) is 0 Å². The van der Waals surface area contributed by atoms with Gasteiger partial charge in [-0.1, -0.05) is 0 Å². The smallest absolute Gasteiger partial charge is 0.0494 e. The van der Waals surface area contributed by atoms with Gasteiger partial charge in [0.05, 0.1) is 0 Å². The van der Waals surface area contributed by atoms with Crippen molar-refractivity contribution < 1.29 is 15.3 Å². The quantitative estimate of drug-likeness (QED) is 0.581. The zero-order valence-corrected chi connectivity index (χ0v) is 7.82. The average Bonchev–Trinajstić information content (AvgIpc) is 2.68. The van der Waals surface area contributed by atoms with Gasteiger partial charge in [-0.05, 0) is 37.0 Å². The van der Waals surface area contributed by atoms with E-state index < -0.39 is 0 Å². The molecule has 2 saturated carbocycles. The SMILES string of the molecule is OCC1CC2CCC1(CO)C2CO. The number of rotatable bonds is 3. The molecule has 76 valence electrons. The highest BCUT2D eigenvalue weighted by atomic mass is 16.3. The topological polar surface area (TPSA) is 60.7 Å². The molecule has 2 fully saturated rings. The average molecular weight is 186 g/mol. The van der Waals surface area contributed by atoms with Crippen LogP contribution in [-0.4, -0.2) is 35.1 Å². The molecule has 3 heteroatoms. The molecule has 0 aromatic carbocycles. The Bertz CT molecular complexity index is 195. The summed E-state index contributed by atoms with van der Waals surface area (Å²) in [6.45, 7) is 0.454. The molecule has 0 saturated heterocycles. The monoisotopic (exact) mass is 186 g/mol. The summed E-state index contributed by atoms with van der Waals surface area (Å²) in [6, 6.07) is 0. The highest BCUT2D eigenvalue weighted by Crippen LogP contribution is 2.60. The molecule has 3 nitrogen and oxygen atoms in total. The predicted molar refractivity (Wildman–Crippen MR) is 48.0 cm³/mol. The van der Waals surface area contributed by atoms with Gasteiger partial charge in [0.25, 0.3) is 0 Å². The van der Waals surface area contributed by atoms with Gasteiger partial charge in [-0.25, -0.2) is 0 Å². The second-order valence-electron chi connectivity index (χ2n) is 4.59. The lowest BCUT2D eigenvalue weighted by Gasteiger charge is -2.34. The van der Waals surface area contributed by atoms with E-state index in [-0.39, 0.29) is 37.1 Å². The molecule has 0 amide bonds. The minimum Gasteiger partial charge on any atom is -0.396 e. The number of hydrogen-bond acceptors (Lipinski definition) is 3. The normalized spacial score (nSPS) is 48.7. The van der Waals surface area contributed by atoms with E-state index in [0.29, 0.717) is 5.92 Å². The van der Waals surface area contributed by atoms with Crippen LogP contribution in [0, 0.1) is 23.2 Å². The fraction of sp³-hybridized carbons (Fsp3) is 1.00. The Morgan fingerprint density at radius 2 is 1.92 bits per heavy atom. The first kappa shape index (κ1) is 9.44. The van der Waals surface area contributed by atoms with Crippen LogP contribution in [0.5, 0.6) is 0 Å². The van der Waals surface area contributed by atoms with E-state index in [2.05, 4.69) is 0 Å². The van der Waals surface area contributed by atoms with Gasteiger partial charge in [-0.2, -0.15) is 0 Å². The van der Waals surface area contributed by atoms with Crippen molar-refractivity contribution in [3.05, 3.63) is 0 Å². The predicted octanol–water partition coefficient (Wildman–Crippen LogP) is -0.00420. The maximum absolute atomic E-state index is 9.42. The Hall–Kier alpha value is -0.120. The molecule has 4 atom stereocenters. The molecule has 4 unspecified atom stereocenters. The van der Waals surface area contributed by atoms with Gasteiger partial charge in [0.1, 0.15) is 0 Å². The molecule has 0 aromatic rings. The van der Waals surface area contributed by atoms with Crippen molar-refractivity contribution in [2.75, 3.05) is 19.8 Å². The van der Waals surface area contributed by atoms with Crippen molar-refractivity contribution in [3.8, 4) is 0 Å². The fourth-order valence-electron chi connectivity index (χ4n) is 3.61. The van der Waals surface area contributed by atoms with Crippen molar-refractivity contribution in [3.63, 3.8) is 0 Å². The van der Waals surface area contributed by atoms with Gasteiger partial charge < -0.3 is 15.3 Å². The summed E-state index contributed by atoms with van der Waals surface area (Å²) in [7, 11) is 0. The maximum Gasteiger partial charge on any atom is 0.0494 e. The van der Waals surface area contributed by atoms with Gasteiger partial charge in [0, 0.05) is 25.2 Å². The van der Waals surface area contributed by atoms with Crippen LogP contribution in [0.25, 0.3) is 0 Å². The lowest BCUT2D eigenvalue weighted by atomic mass is 9.73. The molecule has 13 heavy (non-hydrogen) atoms. The van der Waals surface area contributed by atoms with Gasteiger partial charge in [-0.15, -0.1) is 0 Å². The summed E-state index contributed by atoms with van der Waals surface area (Å²) in [5, 5.41) is 27.9. The molecular formula is C10H18O3. The Morgan fingerprint density at radius 3 is 2.46 bits per heavy atom. The van der Waals surface area contributed by atoms with E-state index >= 15 is 0 Å². The minimum atomic E-state index is -0.159. The van der Waals surface area contributed by atoms with Crippen molar-refractivity contribution in [1.82, 2.24) is 0 Å². The van der Waals surface area contributed by atoms with E-state index in [9.17, 15) is 15.3 Å². The third kappa shape index (κ3) is 1.07. The van der Waals surface area contributed by atoms with Crippen molar-refractivity contribution >= 4 is 0 Å². The third-order valence-corrected chi connectivity index (χ3v) is 4.40. The number of fused-ring (bicyclic) bond motifs is 2. The fourth-order valence-corrected chi connectivity index (χ4v) is 3.61. The van der Waals surface area contributed by atoms with Crippen LogP contribution < -0.4 is 0 Å². The Kier molecular flexibility index (Phi) is 2.34. The second-order valence-corrected chi connectivity index (χ2v) is 4.59. The minimum absolute atomic E-state index is 0.125. The summed E-state index contributed by atoms with van der Waals surface area (Å²) in [5.41, 5.74) is -0.159. The highest BCUT2D eigenvalue weighted by molar-refractivity contribution is 5.06. The van der Waals surface area contributed by atoms with Gasteiger partial charge in [0.15, 0.2) is 0 Å². The zero-order chi connectivity index (χ0) is 9.47. The molecule has 2 aliphatic rings. The van der Waals surface area contributed by atoms with Crippen LogP contribution in [-0.2, 0) is 0 Å². The molecule has 0 aromatic heterocycles. The number of aliphatic hydroxyl groups is 3. The molecule has 2 rings (SSSR count). The maximum atomic E-state index is 9.42. The van der Waals surface area contributed by atoms with Gasteiger partial charge in [-0.3, -0.25) is 0 Å². The Labute approximate surface area is 78.4 Å². The first-order chi connectivity index (χ1) is 6.28. The van der Waals surface area contributed by atoms with Crippen LogP contribution >= 0.6 is 0 Å². The lowest BCUT2D eigenvalue weighted by molar-refractivity contribution is 0.00513. The second kappa shape index (κ2) is 3.23. The van der Waals surface area contributed by atoms with Crippen LogP contribution in [0.3, 0.4) is 0 Å². The first-order valence-electron chi connectivity index (χ1n) is 5.11. The molecule has 2 bridgehead atoms. The molecule has 0 aliphatic heterocycles. The van der Waals surface area contributed by atoms with E-state index in [1.807, 2.05) is 0 Å².